The Morgan fingerprint density at radius 2 is 2.40 bits per heavy atom. The average Bonchev–Trinajstić information content (AvgIpc) is 2.17. The molecule has 0 spiro atoms. The lowest BCUT2D eigenvalue weighted by atomic mass is 10.3. The number of nitrogens with zero attached hydrogens (tertiary/aromatic N) is 1. The standard InChI is InChI=1S/C9H11NO4S/c1-14-9-7(3-2-4-10-9)5-15(13)6-8(11)12/h2-4H,5-6H2,1H3,(H,11,12). The van der Waals surface area contributed by atoms with Gasteiger partial charge in [-0.05, 0) is 6.07 Å². The molecule has 0 fully saturated rings. The number of ether oxygens (including phenoxy) is 1. The van der Waals surface area contributed by atoms with E-state index in [1.165, 1.54) is 7.11 Å². The van der Waals surface area contributed by atoms with Gasteiger partial charge in [0, 0.05) is 22.6 Å². The minimum absolute atomic E-state index is 0.142. The van der Waals surface area contributed by atoms with Gasteiger partial charge in [0.2, 0.25) is 5.88 Å². The van der Waals surface area contributed by atoms with E-state index in [2.05, 4.69) is 4.98 Å². The number of rotatable bonds is 5. The summed E-state index contributed by atoms with van der Waals surface area (Å²) >= 11 is 0. The van der Waals surface area contributed by atoms with E-state index in [0.29, 0.717) is 11.4 Å². The van der Waals surface area contributed by atoms with Gasteiger partial charge in [-0.15, -0.1) is 0 Å². The molecule has 0 aliphatic rings. The number of pyridine rings is 1. The molecule has 1 unspecified atom stereocenters. The number of carboxylic acids is 1. The van der Waals surface area contributed by atoms with Gasteiger partial charge in [-0.25, -0.2) is 4.98 Å². The number of aromatic nitrogens is 1. The summed E-state index contributed by atoms with van der Waals surface area (Å²) < 4.78 is 16.3. The van der Waals surface area contributed by atoms with Crippen LogP contribution in [0.4, 0.5) is 0 Å². The number of aliphatic carboxylic acids is 1. The van der Waals surface area contributed by atoms with Crippen LogP contribution in [0.5, 0.6) is 5.88 Å². The summed E-state index contributed by atoms with van der Waals surface area (Å²) in [6.45, 7) is 0. The van der Waals surface area contributed by atoms with Gasteiger partial charge in [-0.1, -0.05) is 6.07 Å². The molecule has 1 N–H and O–H groups in total. The zero-order valence-electron chi connectivity index (χ0n) is 8.17. The Morgan fingerprint density at radius 1 is 1.67 bits per heavy atom. The molecule has 0 aliphatic heterocycles. The molecule has 0 aromatic carbocycles. The Labute approximate surface area is 89.6 Å². The number of hydrogen-bond acceptors (Lipinski definition) is 4. The van der Waals surface area contributed by atoms with E-state index < -0.39 is 16.8 Å². The zero-order chi connectivity index (χ0) is 11.3. The van der Waals surface area contributed by atoms with Crippen molar-refractivity contribution in [2.75, 3.05) is 12.9 Å². The molecular weight excluding hydrogens is 218 g/mol. The molecule has 0 amide bonds. The summed E-state index contributed by atoms with van der Waals surface area (Å²) in [6.07, 6.45) is 1.56. The lowest BCUT2D eigenvalue weighted by Gasteiger charge is -2.05. The first-order valence-corrected chi connectivity index (χ1v) is 5.67. The smallest absolute Gasteiger partial charge is 0.316 e. The summed E-state index contributed by atoms with van der Waals surface area (Å²) in [6, 6.07) is 3.40. The van der Waals surface area contributed by atoms with Crippen LogP contribution in [0.3, 0.4) is 0 Å². The highest BCUT2D eigenvalue weighted by Gasteiger charge is 2.10. The maximum absolute atomic E-state index is 11.3. The Morgan fingerprint density at radius 3 is 3.00 bits per heavy atom. The molecule has 0 radical (unpaired) electrons. The largest absolute Gasteiger partial charge is 0.481 e. The zero-order valence-corrected chi connectivity index (χ0v) is 8.99. The second-order valence-electron chi connectivity index (χ2n) is 2.79. The van der Waals surface area contributed by atoms with Crippen molar-refractivity contribution in [3.05, 3.63) is 23.9 Å². The first kappa shape index (κ1) is 11.6. The van der Waals surface area contributed by atoms with Gasteiger partial charge in [-0.3, -0.25) is 9.00 Å². The highest BCUT2D eigenvalue weighted by molar-refractivity contribution is 7.84. The topological polar surface area (TPSA) is 76.5 Å². The quantitative estimate of drug-likeness (QED) is 0.792. The molecule has 6 heteroatoms. The van der Waals surface area contributed by atoms with Crippen LogP contribution in [0.1, 0.15) is 5.56 Å². The SMILES string of the molecule is COc1ncccc1CS(=O)CC(=O)O. The molecule has 15 heavy (non-hydrogen) atoms. The second kappa shape index (κ2) is 5.45. The number of carbonyl (C=O) groups is 1. The van der Waals surface area contributed by atoms with Gasteiger partial charge < -0.3 is 9.84 Å². The predicted molar refractivity (Wildman–Crippen MR) is 55.1 cm³/mol. The third-order valence-electron chi connectivity index (χ3n) is 1.64. The van der Waals surface area contributed by atoms with Crippen molar-refractivity contribution in [3.63, 3.8) is 0 Å². The highest BCUT2D eigenvalue weighted by atomic mass is 32.2. The Balaban J connectivity index is 2.71. The van der Waals surface area contributed by atoms with Crippen LogP contribution in [0.25, 0.3) is 0 Å². The normalized spacial score (nSPS) is 12.1. The predicted octanol–water partition coefficient (Wildman–Crippen LogP) is 0.423. The third kappa shape index (κ3) is 3.67. The number of carboxylic acid groups (broad SMARTS) is 1. The fourth-order valence-electron chi connectivity index (χ4n) is 1.08. The molecule has 0 bridgehead atoms. The first-order chi connectivity index (χ1) is 7.13. The highest BCUT2D eigenvalue weighted by Crippen LogP contribution is 2.15. The summed E-state index contributed by atoms with van der Waals surface area (Å²) in [5.74, 6) is -0.908. The lowest BCUT2D eigenvalue weighted by Crippen LogP contribution is -2.11. The summed E-state index contributed by atoms with van der Waals surface area (Å²) in [7, 11) is 0.0317. The van der Waals surface area contributed by atoms with Crippen molar-refractivity contribution in [1.29, 1.82) is 0 Å². The molecule has 82 valence electrons. The van der Waals surface area contributed by atoms with E-state index in [1.54, 1.807) is 18.3 Å². The molecule has 0 saturated heterocycles. The van der Waals surface area contributed by atoms with Crippen LogP contribution in [-0.4, -0.2) is 33.1 Å². The summed E-state index contributed by atoms with van der Waals surface area (Å²) in [5.41, 5.74) is 0.652. The summed E-state index contributed by atoms with van der Waals surface area (Å²) in [4.78, 5) is 14.2. The van der Waals surface area contributed by atoms with E-state index in [4.69, 9.17) is 9.84 Å². The number of hydrogen-bond donors (Lipinski definition) is 1. The van der Waals surface area contributed by atoms with Crippen molar-refractivity contribution in [3.8, 4) is 5.88 Å². The first-order valence-electron chi connectivity index (χ1n) is 4.18. The van der Waals surface area contributed by atoms with Crippen molar-refractivity contribution in [1.82, 2.24) is 4.98 Å². The van der Waals surface area contributed by atoms with Gasteiger partial charge in [0.15, 0.2) is 0 Å². The van der Waals surface area contributed by atoms with Crippen molar-refractivity contribution >= 4 is 16.8 Å². The maximum Gasteiger partial charge on any atom is 0.316 e. The Hall–Kier alpha value is -1.43. The van der Waals surface area contributed by atoms with Crippen molar-refractivity contribution < 1.29 is 18.8 Å². The van der Waals surface area contributed by atoms with Gasteiger partial charge in [0.25, 0.3) is 0 Å². The molecule has 1 heterocycles. The molecule has 1 aromatic rings. The van der Waals surface area contributed by atoms with Gasteiger partial charge in [0.1, 0.15) is 5.75 Å². The van der Waals surface area contributed by atoms with Crippen LogP contribution in [0.15, 0.2) is 18.3 Å². The van der Waals surface area contributed by atoms with E-state index >= 15 is 0 Å². The fourth-order valence-corrected chi connectivity index (χ4v) is 2.02. The van der Waals surface area contributed by atoms with Gasteiger partial charge in [0.05, 0.1) is 12.9 Å². The van der Waals surface area contributed by atoms with Gasteiger partial charge >= 0.3 is 5.97 Å². The molecule has 5 nitrogen and oxygen atoms in total. The van der Waals surface area contributed by atoms with Crippen LogP contribution in [0.2, 0.25) is 0 Å². The maximum atomic E-state index is 11.3. The average molecular weight is 229 g/mol. The van der Waals surface area contributed by atoms with Crippen LogP contribution >= 0.6 is 0 Å². The van der Waals surface area contributed by atoms with E-state index in [1.807, 2.05) is 0 Å². The van der Waals surface area contributed by atoms with Crippen LogP contribution in [0, 0.1) is 0 Å². The Kier molecular flexibility index (Phi) is 4.23. The third-order valence-corrected chi connectivity index (χ3v) is 2.85. The summed E-state index contributed by atoms with van der Waals surface area (Å²) in [5, 5.41) is 8.45. The van der Waals surface area contributed by atoms with E-state index in [0.717, 1.165) is 0 Å². The van der Waals surface area contributed by atoms with E-state index in [9.17, 15) is 9.00 Å². The second-order valence-corrected chi connectivity index (χ2v) is 4.25. The molecule has 0 aliphatic carbocycles. The fraction of sp³-hybridized carbons (Fsp3) is 0.333. The Bertz CT molecular complexity index is 380. The van der Waals surface area contributed by atoms with Gasteiger partial charge in [-0.2, -0.15) is 0 Å². The number of methoxy groups -OCH3 is 1. The monoisotopic (exact) mass is 229 g/mol. The lowest BCUT2D eigenvalue weighted by molar-refractivity contribution is -0.133. The minimum Gasteiger partial charge on any atom is -0.481 e. The molecule has 1 atom stereocenters. The molecule has 1 rings (SSSR count). The van der Waals surface area contributed by atoms with Crippen LogP contribution in [-0.2, 0) is 21.3 Å². The van der Waals surface area contributed by atoms with Crippen molar-refractivity contribution in [2.24, 2.45) is 0 Å². The molecule has 0 saturated carbocycles. The van der Waals surface area contributed by atoms with Crippen LogP contribution < -0.4 is 4.74 Å². The minimum atomic E-state index is -1.43. The molecular formula is C9H11NO4S. The van der Waals surface area contributed by atoms with E-state index in [-0.39, 0.29) is 11.5 Å². The van der Waals surface area contributed by atoms with Crippen molar-refractivity contribution in [2.45, 2.75) is 5.75 Å². The molecule has 1 aromatic heterocycles.